The summed E-state index contributed by atoms with van der Waals surface area (Å²) in [6, 6.07) is 0.0153. The van der Waals surface area contributed by atoms with Gasteiger partial charge in [0, 0.05) is 13.6 Å². The van der Waals surface area contributed by atoms with E-state index in [1.165, 1.54) is 12.8 Å². The summed E-state index contributed by atoms with van der Waals surface area (Å²) < 4.78 is 5.46. The van der Waals surface area contributed by atoms with Crippen molar-refractivity contribution in [1.29, 1.82) is 0 Å². The van der Waals surface area contributed by atoms with Crippen LogP contribution in [0.25, 0.3) is 0 Å². The van der Waals surface area contributed by atoms with Gasteiger partial charge >= 0.3 is 0 Å². The van der Waals surface area contributed by atoms with Crippen LogP contribution in [0.3, 0.4) is 0 Å². The summed E-state index contributed by atoms with van der Waals surface area (Å²) in [7, 11) is 1.86. The lowest BCUT2D eigenvalue weighted by Crippen LogP contribution is -2.45. The summed E-state index contributed by atoms with van der Waals surface area (Å²) in [5.41, 5.74) is 0. The molecule has 0 aromatic heterocycles. The molecule has 1 atom stereocenters. The Hall–Kier alpha value is -0.610. The van der Waals surface area contributed by atoms with E-state index in [4.69, 9.17) is 4.74 Å². The van der Waals surface area contributed by atoms with Gasteiger partial charge in [0.05, 0.1) is 18.8 Å². The lowest BCUT2D eigenvalue weighted by molar-refractivity contribution is -0.133. The highest BCUT2D eigenvalue weighted by Gasteiger charge is 2.22. The summed E-state index contributed by atoms with van der Waals surface area (Å²) in [5, 5.41) is 3.33. The van der Waals surface area contributed by atoms with Gasteiger partial charge in [0.1, 0.15) is 0 Å². The minimum Gasteiger partial charge on any atom is -0.377 e. The van der Waals surface area contributed by atoms with Crippen LogP contribution in [0, 0.1) is 0 Å². The molecule has 0 aromatic rings. The first kappa shape index (κ1) is 14.5. The molecule has 4 nitrogen and oxygen atoms in total. The van der Waals surface area contributed by atoms with Crippen LogP contribution in [-0.4, -0.2) is 49.7 Å². The predicted octanol–water partition coefficient (Wildman–Crippen LogP) is 1.40. The molecular formula is C13H26N2O2. The van der Waals surface area contributed by atoms with E-state index in [1.54, 1.807) is 4.90 Å². The van der Waals surface area contributed by atoms with E-state index in [0.29, 0.717) is 13.2 Å². The van der Waals surface area contributed by atoms with Crippen LogP contribution in [0.1, 0.15) is 39.5 Å². The molecule has 0 spiro atoms. The van der Waals surface area contributed by atoms with Crippen molar-refractivity contribution in [3.05, 3.63) is 0 Å². The summed E-state index contributed by atoms with van der Waals surface area (Å²) in [6.07, 6.45) is 4.77. The monoisotopic (exact) mass is 242 g/mol. The van der Waals surface area contributed by atoms with Crippen molar-refractivity contribution in [2.75, 3.05) is 26.7 Å². The fraction of sp³-hybridized carbons (Fsp3) is 0.923. The molecule has 1 fully saturated rings. The van der Waals surface area contributed by atoms with Gasteiger partial charge in [-0.1, -0.05) is 12.8 Å². The Labute approximate surface area is 105 Å². The zero-order valence-electron chi connectivity index (χ0n) is 11.4. The number of hydrogen-bond donors (Lipinski definition) is 1. The maximum atomic E-state index is 12.1. The molecule has 1 amide bonds. The molecule has 1 rings (SSSR count). The smallest absolute Gasteiger partial charge is 0.239 e. The summed E-state index contributed by atoms with van der Waals surface area (Å²) in [6.45, 7) is 6.28. The van der Waals surface area contributed by atoms with Gasteiger partial charge in [0.2, 0.25) is 5.91 Å². The molecule has 0 radical (unpaired) electrons. The third-order valence-electron chi connectivity index (χ3n) is 3.11. The van der Waals surface area contributed by atoms with Gasteiger partial charge in [0.15, 0.2) is 0 Å². The molecule has 1 unspecified atom stereocenters. The van der Waals surface area contributed by atoms with Crippen molar-refractivity contribution in [3.8, 4) is 0 Å². The highest BCUT2D eigenvalue weighted by molar-refractivity contribution is 5.81. The van der Waals surface area contributed by atoms with E-state index in [-0.39, 0.29) is 18.1 Å². The second-order valence-corrected chi connectivity index (χ2v) is 5.04. The number of carbonyl (C=O) groups is 1. The average Bonchev–Trinajstić information content (AvgIpc) is 2.55. The van der Waals surface area contributed by atoms with Crippen LogP contribution >= 0.6 is 0 Å². The second-order valence-electron chi connectivity index (χ2n) is 5.04. The zero-order chi connectivity index (χ0) is 12.7. The summed E-state index contributed by atoms with van der Waals surface area (Å²) in [4.78, 5) is 13.9. The fourth-order valence-corrected chi connectivity index (χ4v) is 2.04. The van der Waals surface area contributed by atoms with Gasteiger partial charge in [-0.2, -0.15) is 0 Å². The first-order valence-electron chi connectivity index (χ1n) is 6.71. The maximum absolute atomic E-state index is 12.1. The van der Waals surface area contributed by atoms with Crippen molar-refractivity contribution >= 4 is 5.91 Å². The topological polar surface area (TPSA) is 41.6 Å². The van der Waals surface area contributed by atoms with Crippen LogP contribution < -0.4 is 5.32 Å². The van der Waals surface area contributed by atoms with Crippen molar-refractivity contribution < 1.29 is 9.53 Å². The standard InChI is InChI=1S/C13H26N2O2/c1-11(2)17-10-9-15(3)13(16)12-7-5-4-6-8-14-12/h11-12,14H,4-10H2,1-3H3. The van der Waals surface area contributed by atoms with Gasteiger partial charge in [0.25, 0.3) is 0 Å². The van der Waals surface area contributed by atoms with Gasteiger partial charge in [-0.15, -0.1) is 0 Å². The number of rotatable bonds is 5. The molecule has 0 aromatic carbocycles. The van der Waals surface area contributed by atoms with Crippen molar-refractivity contribution in [3.63, 3.8) is 0 Å². The maximum Gasteiger partial charge on any atom is 0.239 e. The van der Waals surface area contributed by atoms with E-state index in [1.807, 2.05) is 20.9 Å². The van der Waals surface area contributed by atoms with Gasteiger partial charge in [-0.25, -0.2) is 0 Å². The largest absolute Gasteiger partial charge is 0.377 e. The van der Waals surface area contributed by atoms with Crippen molar-refractivity contribution in [2.45, 2.75) is 51.7 Å². The first-order chi connectivity index (χ1) is 8.11. The lowest BCUT2D eigenvalue weighted by atomic mass is 10.1. The summed E-state index contributed by atoms with van der Waals surface area (Å²) >= 11 is 0. The molecule has 1 N–H and O–H groups in total. The molecule has 0 saturated carbocycles. The minimum atomic E-state index is 0.0153. The Bertz CT molecular complexity index is 223. The Morgan fingerprint density at radius 2 is 2.18 bits per heavy atom. The van der Waals surface area contributed by atoms with Crippen LogP contribution in [0.5, 0.6) is 0 Å². The van der Waals surface area contributed by atoms with E-state index >= 15 is 0 Å². The number of amides is 1. The molecular weight excluding hydrogens is 216 g/mol. The van der Waals surface area contributed by atoms with Crippen LogP contribution in [-0.2, 0) is 9.53 Å². The number of nitrogens with zero attached hydrogens (tertiary/aromatic N) is 1. The molecule has 1 aliphatic heterocycles. The number of carbonyl (C=O) groups excluding carboxylic acids is 1. The Kier molecular flexibility index (Phi) is 6.52. The molecule has 4 heteroatoms. The van der Waals surface area contributed by atoms with E-state index in [9.17, 15) is 4.79 Å². The average molecular weight is 242 g/mol. The van der Waals surface area contributed by atoms with Crippen molar-refractivity contribution in [2.24, 2.45) is 0 Å². The number of likely N-dealkylation sites (N-methyl/N-ethyl adjacent to an activating group) is 1. The highest BCUT2D eigenvalue weighted by Crippen LogP contribution is 2.10. The Morgan fingerprint density at radius 3 is 2.88 bits per heavy atom. The van der Waals surface area contributed by atoms with Crippen LogP contribution in [0.4, 0.5) is 0 Å². The normalized spacial score (nSPS) is 21.3. The predicted molar refractivity (Wildman–Crippen MR) is 69.0 cm³/mol. The Balaban J connectivity index is 2.29. The fourth-order valence-electron chi connectivity index (χ4n) is 2.04. The van der Waals surface area contributed by atoms with Crippen LogP contribution in [0.15, 0.2) is 0 Å². The van der Waals surface area contributed by atoms with Crippen molar-refractivity contribution in [1.82, 2.24) is 10.2 Å². The highest BCUT2D eigenvalue weighted by atomic mass is 16.5. The van der Waals surface area contributed by atoms with Gasteiger partial charge in [-0.05, 0) is 33.2 Å². The quantitative estimate of drug-likeness (QED) is 0.792. The molecule has 1 heterocycles. The zero-order valence-corrected chi connectivity index (χ0v) is 11.4. The van der Waals surface area contributed by atoms with E-state index in [0.717, 1.165) is 19.4 Å². The van der Waals surface area contributed by atoms with E-state index < -0.39 is 0 Å². The van der Waals surface area contributed by atoms with Gasteiger partial charge in [-0.3, -0.25) is 4.79 Å². The molecule has 0 bridgehead atoms. The summed E-state index contributed by atoms with van der Waals surface area (Å²) in [5.74, 6) is 0.208. The molecule has 100 valence electrons. The number of hydrogen-bond acceptors (Lipinski definition) is 3. The van der Waals surface area contributed by atoms with Crippen LogP contribution in [0.2, 0.25) is 0 Å². The Morgan fingerprint density at radius 1 is 1.41 bits per heavy atom. The third kappa shape index (κ3) is 5.50. The second kappa shape index (κ2) is 7.67. The van der Waals surface area contributed by atoms with Gasteiger partial charge < -0.3 is 15.0 Å². The molecule has 0 aliphatic carbocycles. The number of nitrogens with one attached hydrogen (secondary N) is 1. The molecule has 17 heavy (non-hydrogen) atoms. The SMILES string of the molecule is CC(C)OCCN(C)C(=O)C1CCCCCN1. The lowest BCUT2D eigenvalue weighted by Gasteiger charge is -2.23. The third-order valence-corrected chi connectivity index (χ3v) is 3.11. The number of ether oxygens (including phenoxy) is 1. The minimum absolute atomic E-state index is 0.0153. The van der Waals surface area contributed by atoms with E-state index in [2.05, 4.69) is 5.32 Å². The molecule has 1 saturated heterocycles. The first-order valence-corrected chi connectivity index (χ1v) is 6.71. The molecule has 1 aliphatic rings.